The van der Waals surface area contributed by atoms with E-state index in [1.54, 1.807) is 4.80 Å². The van der Waals surface area contributed by atoms with E-state index in [0.717, 1.165) is 17.7 Å². The average molecular weight is 264 g/mol. The molecule has 0 aliphatic rings. The molecule has 0 aliphatic heterocycles. The summed E-state index contributed by atoms with van der Waals surface area (Å²) in [6, 6.07) is 16.3. The molecule has 1 heterocycles. The van der Waals surface area contributed by atoms with Gasteiger partial charge in [-0.2, -0.15) is 0 Å². The molecule has 0 saturated carbocycles. The van der Waals surface area contributed by atoms with Crippen LogP contribution >= 0.6 is 0 Å². The van der Waals surface area contributed by atoms with Crippen molar-refractivity contribution >= 4 is 0 Å². The molecule has 1 aromatic heterocycles. The van der Waals surface area contributed by atoms with Gasteiger partial charge in [0, 0.05) is 5.56 Å². The Hall–Kier alpha value is -2.49. The first-order valence-electron chi connectivity index (χ1n) is 6.72. The van der Waals surface area contributed by atoms with E-state index >= 15 is 0 Å². The van der Waals surface area contributed by atoms with E-state index in [4.69, 9.17) is 0 Å². The molecule has 4 nitrogen and oxygen atoms in total. The summed E-state index contributed by atoms with van der Waals surface area (Å²) in [4.78, 5) is 1.56. The van der Waals surface area contributed by atoms with E-state index in [2.05, 4.69) is 41.4 Å². The Bertz CT molecular complexity index is 696. The van der Waals surface area contributed by atoms with Gasteiger partial charge in [-0.1, -0.05) is 48.9 Å². The van der Waals surface area contributed by atoms with Gasteiger partial charge < -0.3 is 0 Å². The molecule has 0 unspecified atom stereocenters. The van der Waals surface area contributed by atoms with Gasteiger partial charge in [0.05, 0.1) is 5.69 Å². The Balaban J connectivity index is 1.91. The minimum Gasteiger partial charge on any atom is -0.130 e. The molecule has 2 aromatic carbocycles. The molecule has 4 heteroatoms. The number of hydrogen-bond donors (Lipinski definition) is 0. The lowest BCUT2D eigenvalue weighted by molar-refractivity contribution is 0.720. The van der Waals surface area contributed by atoms with Crippen LogP contribution < -0.4 is 0 Å². The molecule has 0 fully saturated rings. The minimum absolute atomic E-state index is 0.647. The Morgan fingerprint density at radius 3 is 2.30 bits per heavy atom. The van der Waals surface area contributed by atoms with Gasteiger partial charge in [0.25, 0.3) is 0 Å². The number of rotatable bonds is 3. The second kappa shape index (κ2) is 5.25. The number of tetrazole rings is 1. The fourth-order valence-corrected chi connectivity index (χ4v) is 2.01. The Labute approximate surface area is 118 Å². The van der Waals surface area contributed by atoms with Crippen LogP contribution in [0.4, 0.5) is 0 Å². The van der Waals surface area contributed by atoms with E-state index in [-0.39, 0.29) is 0 Å². The highest BCUT2D eigenvalue weighted by Gasteiger charge is 2.07. The molecule has 20 heavy (non-hydrogen) atoms. The molecule has 0 saturated heterocycles. The number of aryl methyl sites for hydroxylation is 2. The monoisotopic (exact) mass is 264 g/mol. The first-order chi connectivity index (χ1) is 9.76. The van der Waals surface area contributed by atoms with Gasteiger partial charge in [-0.25, -0.2) is 0 Å². The van der Waals surface area contributed by atoms with Crippen LogP contribution in [0, 0.1) is 6.92 Å². The van der Waals surface area contributed by atoms with Crippen LogP contribution in [0.1, 0.15) is 18.1 Å². The topological polar surface area (TPSA) is 43.6 Å². The minimum atomic E-state index is 0.647. The third kappa shape index (κ3) is 2.45. The number of nitrogens with zero attached hydrogens (tertiary/aromatic N) is 4. The van der Waals surface area contributed by atoms with Crippen molar-refractivity contribution in [3.63, 3.8) is 0 Å². The second-order valence-corrected chi connectivity index (χ2v) is 4.79. The lowest BCUT2D eigenvalue weighted by Gasteiger charge is -1.99. The number of hydrogen-bond acceptors (Lipinski definition) is 3. The highest BCUT2D eigenvalue weighted by atomic mass is 15.6. The zero-order valence-electron chi connectivity index (χ0n) is 11.6. The highest BCUT2D eigenvalue weighted by molar-refractivity contribution is 5.54. The molecule has 0 bridgehead atoms. The molecular weight excluding hydrogens is 248 g/mol. The lowest BCUT2D eigenvalue weighted by atomic mass is 10.1. The van der Waals surface area contributed by atoms with E-state index in [1.807, 2.05) is 36.4 Å². The van der Waals surface area contributed by atoms with Crippen molar-refractivity contribution in [1.82, 2.24) is 20.2 Å². The molecule has 0 N–H and O–H groups in total. The van der Waals surface area contributed by atoms with Gasteiger partial charge in [-0.05, 0) is 36.3 Å². The van der Waals surface area contributed by atoms with Crippen LogP contribution in [-0.2, 0) is 6.42 Å². The summed E-state index contributed by atoms with van der Waals surface area (Å²) >= 11 is 0. The molecule has 100 valence electrons. The third-order valence-electron chi connectivity index (χ3n) is 3.30. The molecule has 0 radical (unpaired) electrons. The van der Waals surface area contributed by atoms with Crippen LogP contribution in [0.25, 0.3) is 17.1 Å². The average Bonchev–Trinajstić information content (AvgIpc) is 2.98. The van der Waals surface area contributed by atoms with Crippen molar-refractivity contribution in [1.29, 1.82) is 0 Å². The molecule has 3 aromatic rings. The van der Waals surface area contributed by atoms with Crippen molar-refractivity contribution < 1.29 is 0 Å². The summed E-state index contributed by atoms with van der Waals surface area (Å²) in [6.45, 7) is 4.19. The summed E-state index contributed by atoms with van der Waals surface area (Å²) < 4.78 is 0. The van der Waals surface area contributed by atoms with E-state index < -0.39 is 0 Å². The number of aromatic nitrogens is 4. The summed E-state index contributed by atoms with van der Waals surface area (Å²) in [7, 11) is 0. The standard InChI is InChI=1S/C16H16N4/c1-3-13-6-8-14(9-7-13)16-17-19-20(18-16)15-10-4-12(2)5-11-15/h4-11H,3H2,1-2H3. The Kier molecular flexibility index (Phi) is 3.29. The molecule has 0 spiro atoms. The Morgan fingerprint density at radius 1 is 0.950 bits per heavy atom. The zero-order valence-corrected chi connectivity index (χ0v) is 11.6. The molecule has 0 atom stereocenters. The van der Waals surface area contributed by atoms with Gasteiger partial charge in [0.15, 0.2) is 0 Å². The Morgan fingerprint density at radius 2 is 1.65 bits per heavy atom. The number of benzene rings is 2. The predicted molar refractivity (Wildman–Crippen MR) is 78.7 cm³/mol. The SMILES string of the molecule is CCc1ccc(-c2nnn(-c3ccc(C)cc3)n2)cc1. The lowest BCUT2D eigenvalue weighted by Crippen LogP contribution is -1.98. The normalized spacial score (nSPS) is 10.7. The van der Waals surface area contributed by atoms with Gasteiger partial charge >= 0.3 is 0 Å². The van der Waals surface area contributed by atoms with Crippen LogP contribution in [0.15, 0.2) is 48.5 Å². The largest absolute Gasteiger partial charge is 0.205 e. The second-order valence-electron chi connectivity index (χ2n) is 4.79. The van der Waals surface area contributed by atoms with E-state index in [0.29, 0.717) is 5.82 Å². The van der Waals surface area contributed by atoms with Gasteiger partial charge in [-0.3, -0.25) is 0 Å². The fraction of sp³-hybridized carbons (Fsp3) is 0.188. The summed E-state index contributed by atoms with van der Waals surface area (Å²) in [6.07, 6.45) is 1.03. The van der Waals surface area contributed by atoms with Crippen molar-refractivity contribution in [2.24, 2.45) is 0 Å². The maximum Gasteiger partial charge on any atom is 0.205 e. The van der Waals surface area contributed by atoms with Crippen LogP contribution in [-0.4, -0.2) is 20.2 Å². The zero-order chi connectivity index (χ0) is 13.9. The van der Waals surface area contributed by atoms with Crippen molar-refractivity contribution in [3.05, 3.63) is 59.7 Å². The molecule has 0 aliphatic carbocycles. The molecule has 3 rings (SSSR count). The van der Waals surface area contributed by atoms with Gasteiger partial charge in [-0.15, -0.1) is 15.0 Å². The quantitative estimate of drug-likeness (QED) is 0.729. The molecule has 0 amide bonds. The summed E-state index contributed by atoms with van der Waals surface area (Å²) in [5.74, 6) is 0.647. The van der Waals surface area contributed by atoms with E-state index in [1.165, 1.54) is 11.1 Å². The highest BCUT2D eigenvalue weighted by Crippen LogP contribution is 2.16. The third-order valence-corrected chi connectivity index (χ3v) is 3.30. The first-order valence-corrected chi connectivity index (χ1v) is 6.72. The van der Waals surface area contributed by atoms with Gasteiger partial charge in [0.1, 0.15) is 0 Å². The van der Waals surface area contributed by atoms with Crippen LogP contribution in [0.2, 0.25) is 0 Å². The maximum absolute atomic E-state index is 4.43. The first kappa shape index (κ1) is 12.5. The van der Waals surface area contributed by atoms with Crippen molar-refractivity contribution in [2.45, 2.75) is 20.3 Å². The van der Waals surface area contributed by atoms with Crippen LogP contribution in [0.5, 0.6) is 0 Å². The van der Waals surface area contributed by atoms with Crippen LogP contribution in [0.3, 0.4) is 0 Å². The molecular formula is C16H16N4. The van der Waals surface area contributed by atoms with Crippen molar-refractivity contribution in [3.8, 4) is 17.1 Å². The fourth-order valence-electron chi connectivity index (χ4n) is 2.01. The smallest absolute Gasteiger partial charge is 0.130 e. The van der Waals surface area contributed by atoms with E-state index in [9.17, 15) is 0 Å². The summed E-state index contributed by atoms with van der Waals surface area (Å²) in [5.41, 5.74) is 4.42. The van der Waals surface area contributed by atoms with Crippen molar-refractivity contribution in [2.75, 3.05) is 0 Å². The maximum atomic E-state index is 4.43. The van der Waals surface area contributed by atoms with Gasteiger partial charge in [0.2, 0.25) is 5.82 Å². The predicted octanol–water partition coefficient (Wildman–Crippen LogP) is 3.20. The summed E-state index contributed by atoms with van der Waals surface area (Å²) in [5, 5.41) is 12.7.